The van der Waals surface area contributed by atoms with Gasteiger partial charge >= 0.3 is 35.9 Å². The Hall–Kier alpha value is -11.6. The van der Waals surface area contributed by atoms with Gasteiger partial charge in [-0.1, -0.05) is 60.7 Å². The molecule has 0 aliphatic heterocycles. The van der Waals surface area contributed by atoms with Crippen molar-refractivity contribution in [3.63, 3.8) is 0 Å². The summed E-state index contributed by atoms with van der Waals surface area (Å²) in [6.45, 7) is 7.20. The fourth-order valence-electron chi connectivity index (χ4n) is 9.39. The molecule has 0 saturated carbocycles. The molecule has 0 spiro atoms. The second-order valence-electron chi connectivity index (χ2n) is 23.0. The normalized spacial score (nSPS) is 11.5. The molecule has 0 unspecified atom stereocenters. The molecule has 0 radical (unpaired) electrons. The van der Waals surface area contributed by atoms with Crippen LogP contribution in [0.2, 0.25) is 0 Å². The molecule has 8 rings (SSSR count). The highest BCUT2D eigenvalue weighted by Crippen LogP contribution is 2.32. The third-order valence-electron chi connectivity index (χ3n) is 14.4. The molecule has 97 heavy (non-hydrogen) atoms. The fraction of sp³-hybridized carbons (Fsp3) is 0.267. The van der Waals surface area contributed by atoms with Crippen molar-refractivity contribution in [2.24, 2.45) is 0 Å². The van der Waals surface area contributed by atoms with E-state index in [2.05, 4.69) is 10.6 Å². The molecule has 0 heterocycles. The quantitative estimate of drug-likeness (QED) is 0.0302. The molecular weight excluding hydrogens is 1250 g/mol. The van der Waals surface area contributed by atoms with E-state index in [1.165, 1.54) is 42.5 Å². The lowest BCUT2D eigenvalue weighted by molar-refractivity contribution is -0.144. The lowest BCUT2D eigenvalue weighted by Gasteiger charge is -2.24. The number of carbonyl (C=O) groups is 7. The Morgan fingerprint density at radius 3 is 0.866 bits per heavy atom. The third kappa shape index (κ3) is 22.3. The van der Waals surface area contributed by atoms with Crippen molar-refractivity contribution in [3.8, 4) is 40.2 Å². The second-order valence-corrected chi connectivity index (χ2v) is 23.0. The molecule has 2 amide bonds. The number of rotatable bonds is 31. The lowest BCUT2D eigenvalue weighted by atomic mass is 10.0. The summed E-state index contributed by atoms with van der Waals surface area (Å²) >= 11 is 0. The summed E-state index contributed by atoms with van der Waals surface area (Å²) in [6.07, 6.45) is -0.789. The average molecular weight is 1330 g/mol. The van der Waals surface area contributed by atoms with Crippen molar-refractivity contribution in [1.29, 1.82) is 0 Å². The van der Waals surface area contributed by atoms with Gasteiger partial charge in [0.2, 0.25) is 5.91 Å². The standard InChI is InChI=1S/C75H76N2O20/c1-47(69(79)85-5)76-68(78)67(77-74(84)97-75(2,3)4)36-48-18-28-60(29-19-48)90-44-53-30-65(95-45-54-32-61(91-40-49-10-20-56(21-11-49)70(80)86-6)37-62(33-54)92-41-50-12-22-57(23-13-50)71(81)87-7)39-66(31-53)96-46-55-34-63(93-42-51-14-24-58(25-15-51)72(82)88-8)38-64(35-55)94-43-52-16-26-59(27-17-52)73(83)89-9/h10-35,37-39,47,67H,36,40-46H2,1-9H3,(H,76,78)(H,77,84)/t47-,67-/m0/s1. The smallest absolute Gasteiger partial charge is 0.408 e. The summed E-state index contributed by atoms with van der Waals surface area (Å²) in [5.74, 6) is -0.0391. The number of ether oxygens (including phenoxy) is 13. The summed E-state index contributed by atoms with van der Waals surface area (Å²) in [6, 6.07) is 48.4. The first-order chi connectivity index (χ1) is 46.6. The highest BCUT2D eigenvalue weighted by molar-refractivity contribution is 5.91. The topological polar surface area (TPSA) is 264 Å². The van der Waals surface area contributed by atoms with Crippen LogP contribution in [0.1, 0.15) is 114 Å². The third-order valence-corrected chi connectivity index (χ3v) is 14.4. The first kappa shape index (κ1) is 71.3. The molecule has 0 fully saturated rings. The number of hydrogen-bond donors (Lipinski definition) is 2. The summed E-state index contributed by atoms with van der Waals surface area (Å²) in [4.78, 5) is 87.3. The monoisotopic (exact) mass is 1320 g/mol. The van der Waals surface area contributed by atoms with E-state index in [-0.39, 0.29) is 52.7 Å². The van der Waals surface area contributed by atoms with E-state index in [9.17, 15) is 33.6 Å². The van der Waals surface area contributed by atoms with E-state index in [0.29, 0.717) is 84.8 Å². The number of esters is 5. The van der Waals surface area contributed by atoms with Crippen LogP contribution in [0.3, 0.4) is 0 Å². The number of carbonyl (C=O) groups excluding carboxylic acids is 7. The molecule has 0 aliphatic carbocycles. The van der Waals surface area contributed by atoms with E-state index in [0.717, 1.165) is 22.3 Å². The predicted octanol–water partition coefficient (Wildman–Crippen LogP) is 12.0. The van der Waals surface area contributed by atoms with E-state index < -0.39 is 59.5 Å². The van der Waals surface area contributed by atoms with Crippen LogP contribution in [-0.4, -0.2) is 95.1 Å². The van der Waals surface area contributed by atoms with Gasteiger partial charge in [0.1, 0.15) is 104 Å². The van der Waals surface area contributed by atoms with Gasteiger partial charge in [0.05, 0.1) is 57.8 Å². The lowest BCUT2D eigenvalue weighted by Crippen LogP contribution is -2.52. The summed E-state index contributed by atoms with van der Waals surface area (Å²) in [7, 11) is 6.48. The Morgan fingerprint density at radius 1 is 0.330 bits per heavy atom. The first-order valence-electron chi connectivity index (χ1n) is 30.6. The van der Waals surface area contributed by atoms with Crippen LogP contribution in [0.15, 0.2) is 176 Å². The van der Waals surface area contributed by atoms with Crippen LogP contribution in [0.5, 0.6) is 40.2 Å². The number of hydrogen-bond acceptors (Lipinski definition) is 20. The van der Waals surface area contributed by atoms with E-state index >= 15 is 0 Å². The van der Waals surface area contributed by atoms with Gasteiger partial charge in [-0.2, -0.15) is 0 Å². The van der Waals surface area contributed by atoms with Crippen molar-refractivity contribution in [2.75, 3.05) is 35.5 Å². The molecule has 22 nitrogen and oxygen atoms in total. The Labute approximate surface area is 561 Å². The Balaban J connectivity index is 1.07. The molecule has 506 valence electrons. The minimum absolute atomic E-state index is 0.0146. The molecule has 0 aliphatic rings. The van der Waals surface area contributed by atoms with Crippen molar-refractivity contribution in [1.82, 2.24) is 10.6 Å². The maximum atomic E-state index is 13.5. The molecule has 22 heteroatoms. The zero-order chi connectivity index (χ0) is 69.4. The average Bonchev–Trinajstić information content (AvgIpc) is 0.914. The summed E-state index contributed by atoms with van der Waals surface area (Å²) < 4.78 is 74.5. The molecular formula is C75H76N2O20. The number of methoxy groups -OCH3 is 5. The van der Waals surface area contributed by atoms with Gasteiger partial charge in [0.15, 0.2) is 0 Å². The summed E-state index contributed by atoms with van der Waals surface area (Å²) in [5, 5.41) is 5.22. The molecule has 0 bridgehead atoms. The Kier molecular flexibility index (Phi) is 25.4. The van der Waals surface area contributed by atoms with Crippen LogP contribution < -0.4 is 43.8 Å². The van der Waals surface area contributed by atoms with Crippen molar-refractivity contribution in [2.45, 2.75) is 98.0 Å². The largest absolute Gasteiger partial charge is 0.489 e. The maximum absolute atomic E-state index is 13.5. The van der Waals surface area contributed by atoms with Crippen LogP contribution in [0.25, 0.3) is 0 Å². The zero-order valence-electron chi connectivity index (χ0n) is 55.2. The minimum atomic E-state index is -1.13. The molecule has 0 aromatic heterocycles. The van der Waals surface area contributed by atoms with Crippen LogP contribution in [0.4, 0.5) is 4.79 Å². The van der Waals surface area contributed by atoms with Gasteiger partial charge in [-0.3, -0.25) is 4.79 Å². The van der Waals surface area contributed by atoms with Gasteiger partial charge in [-0.15, -0.1) is 0 Å². The van der Waals surface area contributed by atoms with Gasteiger partial charge in [-0.05, 0) is 169 Å². The van der Waals surface area contributed by atoms with Gasteiger partial charge < -0.3 is 72.2 Å². The van der Waals surface area contributed by atoms with Crippen LogP contribution in [0, 0.1) is 0 Å². The highest BCUT2D eigenvalue weighted by atomic mass is 16.6. The fourth-order valence-corrected chi connectivity index (χ4v) is 9.39. The first-order valence-corrected chi connectivity index (χ1v) is 30.6. The Morgan fingerprint density at radius 2 is 0.598 bits per heavy atom. The van der Waals surface area contributed by atoms with E-state index in [1.807, 2.05) is 36.4 Å². The van der Waals surface area contributed by atoms with Crippen LogP contribution >= 0.6 is 0 Å². The van der Waals surface area contributed by atoms with Crippen molar-refractivity contribution in [3.05, 3.63) is 243 Å². The summed E-state index contributed by atoms with van der Waals surface area (Å²) in [5.41, 5.74) is 6.50. The molecule has 2 atom stereocenters. The van der Waals surface area contributed by atoms with Crippen LogP contribution in [-0.2, 0) is 90.7 Å². The van der Waals surface area contributed by atoms with Crippen molar-refractivity contribution >= 4 is 41.8 Å². The zero-order valence-corrected chi connectivity index (χ0v) is 55.2. The highest BCUT2D eigenvalue weighted by Gasteiger charge is 2.28. The molecule has 8 aromatic rings. The predicted molar refractivity (Wildman–Crippen MR) is 354 cm³/mol. The van der Waals surface area contributed by atoms with Crippen molar-refractivity contribution < 1.29 is 95.1 Å². The van der Waals surface area contributed by atoms with Gasteiger partial charge in [-0.25, -0.2) is 28.8 Å². The maximum Gasteiger partial charge on any atom is 0.408 e. The number of alkyl carbamates (subject to hydrolysis) is 1. The van der Waals surface area contributed by atoms with E-state index in [4.69, 9.17) is 61.6 Å². The molecule has 2 N–H and O–H groups in total. The van der Waals surface area contributed by atoms with Gasteiger partial charge in [0.25, 0.3) is 0 Å². The number of amides is 2. The van der Waals surface area contributed by atoms with Gasteiger partial charge in [0, 0.05) is 24.6 Å². The van der Waals surface area contributed by atoms with E-state index in [1.54, 1.807) is 160 Å². The molecule has 0 saturated heterocycles. The minimum Gasteiger partial charge on any atom is -0.489 e. The number of benzene rings is 8. The number of nitrogens with one attached hydrogen (secondary N) is 2. The second kappa shape index (κ2) is 34.6. The SMILES string of the molecule is COC(=O)c1ccc(COc2cc(COc3cc(COc4ccc(C[C@H](NC(=O)OC(C)(C)C)C(=O)N[C@@H](C)C(=O)OC)cc4)cc(OCc4cc(OCc5ccc(C(=O)OC)cc5)cc(OCc5ccc(C(=O)OC)cc5)c4)c3)cc(OCc3ccc(C(=O)OC)cc3)c2)cc1. The Bertz CT molecular complexity index is 3640. The molecule has 8 aromatic carbocycles.